The van der Waals surface area contributed by atoms with Crippen LogP contribution in [0.5, 0.6) is 0 Å². The van der Waals surface area contributed by atoms with Crippen LogP contribution in [0.1, 0.15) is 16.3 Å². The molecule has 0 spiro atoms. The molecule has 0 aliphatic heterocycles. The molecule has 0 aliphatic carbocycles. The molecular weight excluding hydrogens is 224 g/mol. The normalized spacial score (nSPS) is 10.2. The lowest BCUT2D eigenvalue weighted by Gasteiger charge is -2.04. The van der Waals surface area contributed by atoms with Crippen LogP contribution in [0.2, 0.25) is 0 Å². The minimum Gasteiger partial charge on any atom is -0.476 e. The van der Waals surface area contributed by atoms with E-state index in [9.17, 15) is 4.79 Å². The molecule has 2 aromatic rings. The highest BCUT2D eigenvalue weighted by molar-refractivity contribution is 5.85. The van der Waals surface area contributed by atoms with Crippen LogP contribution in [0.15, 0.2) is 18.7 Å². The molecule has 0 atom stereocenters. The SMILES string of the molecule is Cn1cnnc1CNc1cncc(C(=O)O)n1. The lowest BCUT2D eigenvalue weighted by atomic mass is 10.4. The predicted octanol–water partition coefficient (Wildman–Crippen LogP) is -0.0846. The predicted molar refractivity (Wildman–Crippen MR) is 57.3 cm³/mol. The van der Waals surface area contributed by atoms with Gasteiger partial charge in [0, 0.05) is 7.05 Å². The van der Waals surface area contributed by atoms with E-state index in [4.69, 9.17) is 5.11 Å². The van der Waals surface area contributed by atoms with Crippen molar-refractivity contribution in [3.63, 3.8) is 0 Å². The minimum absolute atomic E-state index is 0.104. The molecule has 17 heavy (non-hydrogen) atoms. The number of carbonyl (C=O) groups is 1. The Morgan fingerprint density at radius 1 is 1.53 bits per heavy atom. The molecule has 2 N–H and O–H groups in total. The molecule has 8 nitrogen and oxygen atoms in total. The summed E-state index contributed by atoms with van der Waals surface area (Å²) in [6.45, 7) is 0.397. The molecule has 0 saturated carbocycles. The Balaban J connectivity index is 2.07. The van der Waals surface area contributed by atoms with Crippen LogP contribution in [-0.2, 0) is 13.6 Å². The molecule has 0 radical (unpaired) electrons. The number of carboxylic acids is 1. The number of nitrogens with one attached hydrogen (secondary N) is 1. The summed E-state index contributed by atoms with van der Waals surface area (Å²) < 4.78 is 1.75. The molecule has 0 aromatic carbocycles. The van der Waals surface area contributed by atoms with Crippen molar-refractivity contribution in [3.05, 3.63) is 30.2 Å². The van der Waals surface area contributed by atoms with Crippen molar-refractivity contribution in [1.82, 2.24) is 24.7 Å². The number of aryl methyl sites for hydroxylation is 1. The summed E-state index contributed by atoms with van der Waals surface area (Å²) >= 11 is 0. The van der Waals surface area contributed by atoms with Crippen molar-refractivity contribution in [2.45, 2.75) is 6.54 Å². The van der Waals surface area contributed by atoms with Gasteiger partial charge >= 0.3 is 5.97 Å². The van der Waals surface area contributed by atoms with Crippen molar-refractivity contribution in [3.8, 4) is 0 Å². The summed E-state index contributed by atoms with van der Waals surface area (Å²) in [6.07, 6.45) is 4.22. The van der Waals surface area contributed by atoms with Crippen LogP contribution in [0.4, 0.5) is 5.82 Å². The number of hydrogen-bond acceptors (Lipinski definition) is 6. The van der Waals surface area contributed by atoms with E-state index in [1.54, 1.807) is 10.9 Å². The van der Waals surface area contributed by atoms with E-state index in [0.717, 1.165) is 0 Å². The molecule has 2 rings (SSSR count). The van der Waals surface area contributed by atoms with Crippen molar-refractivity contribution in [1.29, 1.82) is 0 Å². The summed E-state index contributed by atoms with van der Waals surface area (Å²) in [5, 5.41) is 19.3. The highest BCUT2D eigenvalue weighted by atomic mass is 16.4. The molecule has 0 aliphatic rings. The highest BCUT2D eigenvalue weighted by Gasteiger charge is 2.06. The van der Waals surface area contributed by atoms with Gasteiger partial charge in [0.2, 0.25) is 0 Å². The molecule has 88 valence electrons. The Bertz CT molecular complexity index is 538. The van der Waals surface area contributed by atoms with Crippen LogP contribution in [0.3, 0.4) is 0 Å². The monoisotopic (exact) mass is 234 g/mol. The van der Waals surface area contributed by atoms with Crippen molar-refractivity contribution in [2.24, 2.45) is 7.05 Å². The smallest absolute Gasteiger partial charge is 0.356 e. The van der Waals surface area contributed by atoms with Crippen molar-refractivity contribution in [2.75, 3.05) is 5.32 Å². The molecular formula is C9H10N6O2. The van der Waals surface area contributed by atoms with Crippen LogP contribution in [-0.4, -0.2) is 35.8 Å². The van der Waals surface area contributed by atoms with E-state index in [1.165, 1.54) is 12.4 Å². The molecule has 2 aromatic heterocycles. The third kappa shape index (κ3) is 2.54. The standard InChI is InChI=1S/C9H10N6O2/c1-15-5-12-14-8(15)4-11-7-3-10-2-6(13-7)9(16)17/h2-3,5H,4H2,1H3,(H,11,13)(H,16,17). The van der Waals surface area contributed by atoms with Crippen molar-refractivity contribution >= 4 is 11.8 Å². The largest absolute Gasteiger partial charge is 0.476 e. The fraction of sp³-hybridized carbons (Fsp3) is 0.222. The van der Waals surface area contributed by atoms with Crippen LogP contribution in [0, 0.1) is 0 Å². The summed E-state index contributed by atoms with van der Waals surface area (Å²) in [5.74, 6) is -0.0137. The number of carboxylic acid groups (broad SMARTS) is 1. The highest BCUT2D eigenvalue weighted by Crippen LogP contribution is 2.04. The zero-order chi connectivity index (χ0) is 12.3. The topological polar surface area (TPSA) is 106 Å². The molecule has 0 unspecified atom stereocenters. The third-order valence-electron chi connectivity index (χ3n) is 2.09. The third-order valence-corrected chi connectivity index (χ3v) is 2.09. The van der Waals surface area contributed by atoms with E-state index in [2.05, 4.69) is 25.5 Å². The molecule has 8 heteroatoms. The zero-order valence-electron chi connectivity index (χ0n) is 9.03. The molecule has 2 heterocycles. The van der Waals surface area contributed by atoms with Gasteiger partial charge in [0.1, 0.15) is 12.1 Å². The summed E-state index contributed by atoms with van der Waals surface area (Å²) in [7, 11) is 1.82. The summed E-state index contributed by atoms with van der Waals surface area (Å²) in [4.78, 5) is 18.3. The first kappa shape index (κ1) is 11.0. The molecule has 0 amide bonds. The van der Waals surface area contributed by atoms with E-state index >= 15 is 0 Å². The van der Waals surface area contributed by atoms with Gasteiger partial charge in [-0.25, -0.2) is 9.78 Å². The summed E-state index contributed by atoms with van der Waals surface area (Å²) in [6, 6.07) is 0. The maximum atomic E-state index is 10.7. The molecule has 0 fully saturated rings. The Hall–Kier alpha value is -2.51. The van der Waals surface area contributed by atoms with Gasteiger partial charge in [-0.15, -0.1) is 10.2 Å². The Morgan fingerprint density at radius 2 is 2.35 bits per heavy atom. The fourth-order valence-electron chi connectivity index (χ4n) is 1.19. The second-order valence-corrected chi connectivity index (χ2v) is 3.31. The van der Waals surface area contributed by atoms with E-state index in [1.807, 2.05) is 7.05 Å². The van der Waals surface area contributed by atoms with Gasteiger partial charge in [0.15, 0.2) is 11.5 Å². The van der Waals surface area contributed by atoms with Gasteiger partial charge in [-0.05, 0) is 0 Å². The average Bonchev–Trinajstić information content (AvgIpc) is 2.72. The van der Waals surface area contributed by atoms with Crippen LogP contribution < -0.4 is 5.32 Å². The van der Waals surface area contributed by atoms with Gasteiger partial charge < -0.3 is 15.0 Å². The number of rotatable bonds is 4. The second-order valence-electron chi connectivity index (χ2n) is 3.31. The maximum absolute atomic E-state index is 10.7. The average molecular weight is 234 g/mol. The number of aromatic nitrogens is 5. The van der Waals surface area contributed by atoms with Crippen LogP contribution >= 0.6 is 0 Å². The minimum atomic E-state index is -1.11. The number of nitrogens with zero attached hydrogens (tertiary/aromatic N) is 5. The van der Waals surface area contributed by atoms with Crippen LogP contribution in [0.25, 0.3) is 0 Å². The molecule has 0 saturated heterocycles. The zero-order valence-corrected chi connectivity index (χ0v) is 9.03. The van der Waals surface area contributed by atoms with Crippen molar-refractivity contribution < 1.29 is 9.90 Å². The Kier molecular flexibility index (Phi) is 2.95. The molecule has 0 bridgehead atoms. The van der Waals surface area contributed by atoms with Gasteiger partial charge in [0.05, 0.1) is 18.9 Å². The van der Waals surface area contributed by atoms with E-state index in [0.29, 0.717) is 18.2 Å². The van der Waals surface area contributed by atoms with E-state index in [-0.39, 0.29) is 5.69 Å². The summed E-state index contributed by atoms with van der Waals surface area (Å²) in [5.41, 5.74) is -0.104. The first-order valence-corrected chi connectivity index (χ1v) is 4.79. The maximum Gasteiger partial charge on any atom is 0.356 e. The number of anilines is 1. The van der Waals surface area contributed by atoms with Gasteiger partial charge in [-0.1, -0.05) is 0 Å². The lowest BCUT2D eigenvalue weighted by molar-refractivity contribution is 0.0690. The lowest BCUT2D eigenvalue weighted by Crippen LogP contribution is -2.09. The van der Waals surface area contributed by atoms with Gasteiger partial charge in [-0.3, -0.25) is 4.98 Å². The Morgan fingerprint density at radius 3 is 3.00 bits per heavy atom. The number of aromatic carboxylic acids is 1. The first-order valence-electron chi connectivity index (χ1n) is 4.79. The van der Waals surface area contributed by atoms with E-state index < -0.39 is 5.97 Å². The second kappa shape index (κ2) is 4.56. The Labute approximate surface area is 96.4 Å². The van der Waals surface area contributed by atoms with Gasteiger partial charge in [-0.2, -0.15) is 0 Å². The fourth-order valence-corrected chi connectivity index (χ4v) is 1.19. The quantitative estimate of drug-likeness (QED) is 0.761. The number of hydrogen-bond donors (Lipinski definition) is 2. The van der Waals surface area contributed by atoms with Gasteiger partial charge in [0.25, 0.3) is 0 Å². The first-order chi connectivity index (χ1) is 8.16.